The van der Waals surface area contributed by atoms with E-state index in [1.165, 1.54) is 0 Å². The second-order valence-electron chi connectivity index (χ2n) is 3.37. The Bertz CT molecular complexity index is 352. The summed E-state index contributed by atoms with van der Waals surface area (Å²) in [4.78, 5) is 0. The Hall–Kier alpha value is -1.69. The summed E-state index contributed by atoms with van der Waals surface area (Å²) in [5, 5.41) is 12.1. The van der Waals surface area contributed by atoms with Crippen LogP contribution in [0, 0.1) is 11.3 Å². The standard InChI is InChI=1S/C11H15N3/c1-3-8(2)14-11-5-4-10(13)6-9(11)7-12/h4-6,8,14H,3,13H2,1-2H3/t8-/m1/s1. The zero-order chi connectivity index (χ0) is 10.6. The van der Waals surface area contributed by atoms with Gasteiger partial charge in [0.25, 0.3) is 0 Å². The highest BCUT2D eigenvalue weighted by Crippen LogP contribution is 2.19. The summed E-state index contributed by atoms with van der Waals surface area (Å²) in [5.41, 5.74) is 7.67. The maximum Gasteiger partial charge on any atom is 0.101 e. The van der Waals surface area contributed by atoms with E-state index in [4.69, 9.17) is 11.0 Å². The van der Waals surface area contributed by atoms with Crippen LogP contribution < -0.4 is 11.1 Å². The highest BCUT2D eigenvalue weighted by molar-refractivity contribution is 5.63. The van der Waals surface area contributed by atoms with Crippen LogP contribution >= 0.6 is 0 Å². The van der Waals surface area contributed by atoms with Crippen molar-refractivity contribution in [3.63, 3.8) is 0 Å². The fourth-order valence-electron chi connectivity index (χ4n) is 1.15. The van der Waals surface area contributed by atoms with Crippen LogP contribution in [0.25, 0.3) is 0 Å². The number of nitrogens with zero attached hydrogens (tertiary/aromatic N) is 1. The van der Waals surface area contributed by atoms with Crippen molar-refractivity contribution in [3.8, 4) is 6.07 Å². The average molecular weight is 189 g/mol. The van der Waals surface area contributed by atoms with Crippen molar-refractivity contribution < 1.29 is 0 Å². The van der Waals surface area contributed by atoms with Crippen LogP contribution in [0.15, 0.2) is 18.2 Å². The first-order valence-electron chi connectivity index (χ1n) is 4.73. The third-order valence-corrected chi connectivity index (χ3v) is 2.18. The van der Waals surface area contributed by atoms with Gasteiger partial charge in [0.05, 0.1) is 11.3 Å². The molecular weight excluding hydrogens is 174 g/mol. The number of nitrogen functional groups attached to an aromatic ring is 1. The van der Waals surface area contributed by atoms with Gasteiger partial charge in [0, 0.05) is 11.7 Å². The molecule has 0 heterocycles. The van der Waals surface area contributed by atoms with Gasteiger partial charge in [-0.15, -0.1) is 0 Å². The predicted molar refractivity (Wildman–Crippen MR) is 58.9 cm³/mol. The first-order valence-corrected chi connectivity index (χ1v) is 4.73. The first-order chi connectivity index (χ1) is 6.67. The molecule has 1 atom stereocenters. The molecule has 0 spiro atoms. The van der Waals surface area contributed by atoms with Crippen LogP contribution in [0.1, 0.15) is 25.8 Å². The number of nitrogens with two attached hydrogens (primary N) is 1. The largest absolute Gasteiger partial charge is 0.399 e. The molecule has 0 fully saturated rings. The fraction of sp³-hybridized carbons (Fsp3) is 0.364. The molecule has 14 heavy (non-hydrogen) atoms. The molecule has 0 aliphatic heterocycles. The van der Waals surface area contributed by atoms with Crippen LogP contribution in [0.3, 0.4) is 0 Å². The molecule has 3 heteroatoms. The van der Waals surface area contributed by atoms with Crippen molar-refractivity contribution in [3.05, 3.63) is 23.8 Å². The lowest BCUT2D eigenvalue weighted by molar-refractivity contribution is 0.764. The minimum Gasteiger partial charge on any atom is -0.399 e. The summed E-state index contributed by atoms with van der Waals surface area (Å²) in [6.07, 6.45) is 1.02. The Morgan fingerprint density at radius 3 is 2.86 bits per heavy atom. The molecule has 74 valence electrons. The molecule has 0 unspecified atom stereocenters. The van der Waals surface area contributed by atoms with Crippen molar-refractivity contribution >= 4 is 11.4 Å². The van der Waals surface area contributed by atoms with Gasteiger partial charge >= 0.3 is 0 Å². The summed E-state index contributed by atoms with van der Waals surface area (Å²) >= 11 is 0. The number of nitriles is 1. The normalized spacial score (nSPS) is 11.8. The Labute approximate surface area is 84.5 Å². The molecule has 0 amide bonds. The van der Waals surface area contributed by atoms with Gasteiger partial charge in [-0.05, 0) is 31.5 Å². The smallest absolute Gasteiger partial charge is 0.101 e. The molecule has 0 bridgehead atoms. The van der Waals surface area contributed by atoms with Crippen LogP contribution in [-0.2, 0) is 0 Å². The summed E-state index contributed by atoms with van der Waals surface area (Å²) in [5.74, 6) is 0. The number of hydrogen-bond acceptors (Lipinski definition) is 3. The van der Waals surface area contributed by atoms with Gasteiger partial charge < -0.3 is 11.1 Å². The van der Waals surface area contributed by atoms with Crippen molar-refractivity contribution in [2.75, 3.05) is 11.1 Å². The molecule has 0 saturated carbocycles. The molecule has 3 nitrogen and oxygen atoms in total. The van der Waals surface area contributed by atoms with Crippen LogP contribution in [0.4, 0.5) is 11.4 Å². The van der Waals surface area contributed by atoms with Gasteiger partial charge in [0.15, 0.2) is 0 Å². The monoisotopic (exact) mass is 189 g/mol. The maximum absolute atomic E-state index is 8.88. The van der Waals surface area contributed by atoms with Gasteiger partial charge in [-0.1, -0.05) is 6.92 Å². The molecule has 1 rings (SSSR count). The number of nitrogens with one attached hydrogen (secondary N) is 1. The van der Waals surface area contributed by atoms with Crippen molar-refractivity contribution in [1.29, 1.82) is 5.26 Å². The highest BCUT2D eigenvalue weighted by atomic mass is 14.9. The molecule has 0 aromatic heterocycles. The van der Waals surface area contributed by atoms with Crippen molar-refractivity contribution in [2.45, 2.75) is 26.3 Å². The SMILES string of the molecule is CC[C@@H](C)Nc1ccc(N)cc1C#N. The van der Waals surface area contributed by atoms with E-state index in [0.29, 0.717) is 17.3 Å². The topological polar surface area (TPSA) is 61.8 Å². The fourth-order valence-corrected chi connectivity index (χ4v) is 1.15. The molecule has 0 aliphatic rings. The Balaban J connectivity index is 2.92. The molecule has 3 N–H and O–H groups in total. The van der Waals surface area contributed by atoms with Crippen molar-refractivity contribution in [2.24, 2.45) is 0 Å². The van der Waals surface area contributed by atoms with E-state index < -0.39 is 0 Å². The lowest BCUT2D eigenvalue weighted by Crippen LogP contribution is -2.14. The number of benzene rings is 1. The lowest BCUT2D eigenvalue weighted by Gasteiger charge is -2.14. The van der Waals surface area contributed by atoms with Crippen LogP contribution in [0.5, 0.6) is 0 Å². The van der Waals surface area contributed by atoms with Crippen molar-refractivity contribution in [1.82, 2.24) is 0 Å². The van der Waals surface area contributed by atoms with E-state index in [0.717, 1.165) is 12.1 Å². The molecule has 1 aromatic rings. The zero-order valence-electron chi connectivity index (χ0n) is 8.54. The van der Waals surface area contributed by atoms with Crippen LogP contribution in [-0.4, -0.2) is 6.04 Å². The van der Waals surface area contributed by atoms with Crippen LogP contribution in [0.2, 0.25) is 0 Å². The summed E-state index contributed by atoms with van der Waals surface area (Å²) in [6, 6.07) is 7.82. The quantitative estimate of drug-likeness (QED) is 0.717. The van der Waals surface area contributed by atoms with Gasteiger partial charge in [0.2, 0.25) is 0 Å². The number of hydrogen-bond donors (Lipinski definition) is 2. The minimum absolute atomic E-state index is 0.366. The van der Waals surface area contributed by atoms with E-state index in [1.54, 1.807) is 12.1 Å². The average Bonchev–Trinajstić information content (AvgIpc) is 2.20. The molecule has 1 aromatic carbocycles. The predicted octanol–water partition coefficient (Wildman–Crippen LogP) is 2.35. The van der Waals surface area contributed by atoms with Gasteiger partial charge in [-0.25, -0.2) is 0 Å². The number of rotatable bonds is 3. The van der Waals surface area contributed by atoms with E-state index in [9.17, 15) is 0 Å². The highest BCUT2D eigenvalue weighted by Gasteiger charge is 2.04. The van der Waals surface area contributed by atoms with E-state index >= 15 is 0 Å². The molecule has 0 radical (unpaired) electrons. The minimum atomic E-state index is 0.366. The third kappa shape index (κ3) is 2.40. The summed E-state index contributed by atoms with van der Waals surface area (Å²) in [7, 11) is 0. The Morgan fingerprint density at radius 1 is 1.57 bits per heavy atom. The lowest BCUT2D eigenvalue weighted by atomic mass is 10.1. The molecule has 0 saturated heterocycles. The summed E-state index contributed by atoms with van der Waals surface area (Å²) in [6.45, 7) is 4.18. The zero-order valence-corrected chi connectivity index (χ0v) is 8.54. The Morgan fingerprint density at radius 2 is 2.29 bits per heavy atom. The third-order valence-electron chi connectivity index (χ3n) is 2.18. The first kappa shape index (κ1) is 10.4. The second kappa shape index (κ2) is 4.52. The maximum atomic E-state index is 8.88. The second-order valence-corrected chi connectivity index (χ2v) is 3.37. The molecular formula is C11H15N3. The van der Waals surface area contributed by atoms with E-state index in [-0.39, 0.29) is 0 Å². The summed E-state index contributed by atoms with van der Waals surface area (Å²) < 4.78 is 0. The Kier molecular flexibility index (Phi) is 3.35. The van der Waals surface area contributed by atoms with Gasteiger partial charge in [-0.3, -0.25) is 0 Å². The molecule has 0 aliphatic carbocycles. The van der Waals surface area contributed by atoms with E-state index in [1.807, 2.05) is 6.07 Å². The number of anilines is 2. The van der Waals surface area contributed by atoms with Gasteiger partial charge in [0.1, 0.15) is 6.07 Å². The van der Waals surface area contributed by atoms with E-state index in [2.05, 4.69) is 25.2 Å². The van der Waals surface area contributed by atoms with Gasteiger partial charge in [-0.2, -0.15) is 5.26 Å².